The molecule has 0 saturated carbocycles. The highest BCUT2D eigenvalue weighted by Crippen LogP contribution is 2.25. The SMILES string of the molecule is CCOc1ccc(-c2noc(CSc3ccc(-c4ccc(C)c(C)c4)nn3)n2)cc1. The van der Waals surface area contributed by atoms with Crippen LogP contribution in [0.15, 0.2) is 64.1 Å². The summed E-state index contributed by atoms with van der Waals surface area (Å²) < 4.78 is 10.8. The zero-order valence-corrected chi connectivity index (χ0v) is 17.9. The molecule has 0 amide bonds. The zero-order valence-electron chi connectivity index (χ0n) is 17.1. The summed E-state index contributed by atoms with van der Waals surface area (Å²) in [5, 5.41) is 13.6. The summed E-state index contributed by atoms with van der Waals surface area (Å²) >= 11 is 1.51. The Morgan fingerprint density at radius 3 is 2.40 bits per heavy atom. The van der Waals surface area contributed by atoms with Gasteiger partial charge in [-0.25, -0.2) is 0 Å². The van der Waals surface area contributed by atoms with Crippen LogP contribution in [-0.2, 0) is 5.75 Å². The second-order valence-electron chi connectivity index (χ2n) is 6.81. The van der Waals surface area contributed by atoms with Crippen LogP contribution in [0.25, 0.3) is 22.6 Å². The summed E-state index contributed by atoms with van der Waals surface area (Å²) in [6.07, 6.45) is 0. The molecular formula is C23H22N4O2S. The molecule has 2 aromatic heterocycles. The number of aromatic nitrogens is 4. The molecule has 0 unspecified atom stereocenters. The van der Waals surface area contributed by atoms with Gasteiger partial charge in [0.15, 0.2) is 0 Å². The van der Waals surface area contributed by atoms with Gasteiger partial charge in [0.2, 0.25) is 11.7 Å². The van der Waals surface area contributed by atoms with E-state index in [4.69, 9.17) is 9.26 Å². The monoisotopic (exact) mass is 418 g/mol. The van der Waals surface area contributed by atoms with Crippen LogP contribution in [0.1, 0.15) is 23.9 Å². The molecule has 0 aliphatic heterocycles. The second-order valence-corrected chi connectivity index (χ2v) is 7.81. The number of benzene rings is 2. The van der Waals surface area contributed by atoms with Gasteiger partial charge < -0.3 is 9.26 Å². The Morgan fingerprint density at radius 2 is 1.70 bits per heavy atom. The second kappa shape index (κ2) is 9.09. The van der Waals surface area contributed by atoms with Gasteiger partial charge in [0.1, 0.15) is 10.8 Å². The molecule has 6 nitrogen and oxygen atoms in total. The molecule has 0 radical (unpaired) electrons. The lowest BCUT2D eigenvalue weighted by Crippen LogP contribution is -1.91. The Hall–Kier alpha value is -3.19. The largest absolute Gasteiger partial charge is 0.494 e. The van der Waals surface area contributed by atoms with Crippen molar-refractivity contribution in [2.24, 2.45) is 0 Å². The van der Waals surface area contributed by atoms with Crippen molar-refractivity contribution in [1.82, 2.24) is 20.3 Å². The average molecular weight is 419 g/mol. The number of aryl methyl sites for hydroxylation is 2. The van der Waals surface area contributed by atoms with Crippen molar-refractivity contribution in [2.75, 3.05) is 6.61 Å². The maximum absolute atomic E-state index is 5.46. The number of thioether (sulfide) groups is 1. The molecule has 0 spiro atoms. The highest BCUT2D eigenvalue weighted by atomic mass is 32.2. The summed E-state index contributed by atoms with van der Waals surface area (Å²) in [6, 6.07) is 17.9. The van der Waals surface area contributed by atoms with Crippen molar-refractivity contribution in [3.05, 3.63) is 71.6 Å². The summed E-state index contributed by atoms with van der Waals surface area (Å²) in [5.74, 6) is 2.46. The van der Waals surface area contributed by atoms with Crippen molar-refractivity contribution >= 4 is 11.8 Å². The van der Waals surface area contributed by atoms with E-state index >= 15 is 0 Å². The lowest BCUT2D eigenvalue weighted by Gasteiger charge is -2.05. The van der Waals surface area contributed by atoms with E-state index in [1.54, 1.807) is 0 Å². The lowest BCUT2D eigenvalue weighted by atomic mass is 10.0. The molecule has 0 saturated heterocycles. The van der Waals surface area contributed by atoms with Crippen LogP contribution in [0.2, 0.25) is 0 Å². The van der Waals surface area contributed by atoms with Crippen LogP contribution in [0.4, 0.5) is 0 Å². The predicted molar refractivity (Wildman–Crippen MR) is 117 cm³/mol. The molecule has 0 aliphatic carbocycles. The highest BCUT2D eigenvalue weighted by Gasteiger charge is 2.10. The van der Waals surface area contributed by atoms with E-state index < -0.39 is 0 Å². The predicted octanol–water partition coefficient (Wildman–Crippen LogP) is 5.50. The molecule has 152 valence electrons. The third-order valence-corrected chi connectivity index (χ3v) is 5.58. The van der Waals surface area contributed by atoms with E-state index in [-0.39, 0.29) is 0 Å². The Balaban J connectivity index is 1.38. The number of rotatable bonds is 7. The molecular weight excluding hydrogens is 396 g/mol. The van der Waals surface area contributed by atoms with Crippen LogP contribution in [0.5, 0.6) is 5.75 Å². The molecule has 2 heterocycles. The van der Waals surface area contributed by atoms with E-state index in [0.717, 1.165) is 27.6 Å². The summed E-state index contributed by atoms with van der Waals surface area (Å²) in [7, 11) is 0. The topological polar surface area (TPSA) is 73.9 Å². The van der Waals surface area contributed by atoms with Gasteiger partial charge in [-0.15, -0.1) is 10.2 Å². The van der Waals surface area contributed by atoms with Gasteiger partial charge >= 0.3 is 0 Å². The van der Waals surface area contributed by atoms with Crippen molar-refractivity contribution in [2.45, 2.75) is 31.6 Å². The van der Waals surface area contributed by atoms with Crippen molar-refractivity contribution in [1.29, 1.82) is 0 Å². The molecule has 2 aromatic carbocycles. The maximum atomic E-state index is 5.46. The van der Waals surface area contributed by atoms with E-state index in [2.05, 4.69) is 52.4 Å². The van der Waals surface area contributed by atoms with Gasteiger partial charge in [-0.1, -0.05) is 29.1 Å². The van der Waals surface area contributed by atoms with E-state index in [1.165, 1.54) is 22.9 Å². The standard InChI is InChI=1S/C23H22N4O2S/c1-4-28-19-9-7-17(8-10-19)23-24-21(29-27-23)14-30-22-12-11-20(25-26-22)18-6-5-15(2)16(3)13-18/h5-13H,4,14H2,1-3H3. The Bertz CT molecular complexity index is 1120. The first-order valence-corrected chi connectivity index (χ1v) is 10.7. The molecule has 0 atom stereocenters. The van der Waals surface area contributed by atoms with E-state index in [9.17, 15) is 0 Å². The van der Waals surface area contributed by atoms with Crippen LogP contribution < -0.4 is 4.74 Å². The zero-order chi connectivity index (χ0) is 20.9. The molecule has 0 N–H and O–H groups in total. The highest BCUT2D eigenvalue weighted by molar-refractivity contribution is 7.98. The Kier molecular flexibility index (Phi) is 6.09. The van der Waals surface area contributed by atoms with Gasteiger partial charge in [0.25, 0.3) is 0 Å². The molecule has 7 heteroatoms. The van der Waals surface area contributed by atoms with Crippen molar-refractivity contribution in [3.63, 3.8) is 0 Å². The number of hydrogen-bond acceptors (Lipinski definition) is 7. The Labute approximate surface area is 179 Å². The first kappa shape index (κ1) is 20.1. The minimum Gasteiger partial charge on any atom is -0.494 e. The van der Waals surface area contributed by atoms with Crippen LogP contribution in [0.3, 0.4) is 0 Å². The third-order valence-electron chi connectivity index (χ3n) is 4.68. The van der Waals surface area contributed by atoms with Crippen LogP contribution >= 0.6 is 11.8 Å². The first-order valence-electron chi connectivity index (χ1n) is 9.72. The number of ether oxygens (including phenoxy) is 1. The first-order chi connectivity index (χ1) is 14.6. The molecule has 0 fully saturated rings. The molecule has 4 rings (SSSR count). The van der Waals surface area contributed by atoms with E-state index in [1.807, 2.05) is 43.3 Å². The van der Waals surface area contributed by atoms with Gasteiger partial charge in [-0.3, -0.25) is 0 Å². The summed E-state index contributed by atoms with van der Waals surface area (Å²) in [5.41, 5.74) is 5.32. The molecule has 4 aromatic rings. The Morgan fingerprint density at radius 1 is 0.900 bits per heavy atom. The summed E-state index contributed by atoms with van der Waals surface area (Å²) in [4.78, 5) is 4.47. The normalized spacial score (nSPS) is 10.9. The summed E-state index contributed by atoms with van der Waals surface area (Å²) in [6.45, 7) is 6.79. The van der Waals surface area contributed by atoms with Crippen molar-refractivity contribution < 1.29 is 9.26 Å². The fourth-order valence-electron chi connectivity index (χ4n) is 2.89. The van der Waals surface area contributed by atoms with Gasteiger partial charge in [-0.2, -0.15) is 4.98 Å². The minimum atomic E-state index is 0.529. The third kappa shape index (κ3) is 4.68. The molecule has 30 heavy (non-hydrogen) atoms. The minimum absolute atomic E-state index is 0.529. The quantitative estimate of drug-likeness (QED) is 0.367. The fraction of sp³-hybridized carbons (Fsp3) is 0.217. The maximum Gasteiger partial charge on any atom is 0.237 e. The average Bonchev–Trinajstić information content (AvgIpc) is 3.24. The van der Waals surface area contributed by atoms with Crippen molar-refractivity contribution in [3.8, 4) is 28.4 Å². The smallest absolute Gasteiger partial charge is 0.237 e. The van der Waals surface area contributed by atoms with E-state index in [0.29, 0.717) is 24.1 Å². The lowest BCUT2D eigenvalue weighted by molar-refractivity contribution is 0.340. The van der Waals surface area contributed by atoms with Crippen LogP contribution in [0, 0.1) is 13.8 Å². The number of hydrogen-bond donors (Lipinski definition) is 0. The fourth-order valence-corrected chi connectivity index (χ4v) is 3.54. The molecule has 0 aliphatic rings. The van der Waals surface area contributed by atoms with Gasteiger partial charge in [-0.05, 0) is 74.4 Å². The van der Waals surface area contributed by atoms with Crippen LogP contribution in [-0.4, -0.2) is 26.9 Å². The van der Waals surface area contributed by atoms with Gasteiger partial charge in [0.05, 0.1) is 18.1 Å². The van der Waals surface area contributed by atoms with Gasteiger partial charge in [0, 0.05) is 11.1 Å². The molecule has 0 bridgehead atoms. The number of nitrogens with zero attached hydrogens (tertiary/aromatic N) is 4.